The molecule has 0 aromatic heterocycles. The Bertz CT molecular complexity index is 533. The van der Waals surface area contributed by atoms with Crippen molar-refractivity contribution in [2.75, 3.05) is 39.9 Å². The molecule has 6 heteroatoms. The Morgan fingerprint density at radius 1 is 1.41 bits per heavy atom. The van der Waals surface area contributed by atoms with Gasteiger partial charge in [-0.3, -0.25) is 9.69 Å². The molecule has 22 heavy (non-hydrogen) atoms. The highest BCUT2D eigenvalue weighted by Gasteiger charge is 2.25. The number of aryl methyl sites for hydroxylation is 1. The quantitative estimate of drug-likeness (QED) is 0.767. The van der Waals surface area contributed by atoms with Crippen LogP contribution in [0.4, 0.5) is 4.79 Å². The minimum absolute atomic E-state index is 0.0564. The monoisotopic (exact) mass is 306 g/mol. The number of carbonyl (C=O) groups excluding carboxylic acids is 2. The van der Waals surface area contributed by atoms with Gasteiger partial charge in [0.05, 0.1) is 13.1 Å². The van der Waals surface area contributed by atoms with E-state index < -0.39 is 6.09 Å². The molecule has 1 fully saturated rings. The zero-order valence-corrected chi connectivity index (χ0v) is 13.1. The van der Waals surface area contributed by atoms with Crippen molar-refractivity contribution in [2.45, 2.75) is 13.3 Å². The van der Waals surface area contributed by atoms with Crippen molar-refractivity contribution in [3.05, 3.63) is 29.8 Å². The maximum atomic E-state index is 12.0. The summed E-state index contributed by atoms with van der Waals surface area (Å²) in [5.41, 5.74) is 1.15. The molecule has 2 amide bonds. The molecule has 0 saturated carbocycles. The topological polar surface area (TPSA) is 59.1 Å². The lowest BCUT2D eigenvalue weighted by Crippen LogP contribution is -2.40. The first-order chi connectivity index (χ1) is 10.6. The maximum Gasteiger partial charge on any atom is 0.410 e. The van der Waals surface area contributed by atoms with Gasteiger partial charge in [0.2, 0.25) is 5.91 Å². The smallest absolute Gasteiger partial charge is 0.410 e. The molecule has 0 bridgehead atoms. The summed E-state index contributed by atoms with van der Waals surface area (Å²) in [6.07, 6.45) is 0.483. The molecule has 1 aliphatic rings. The van der Waals surface area contributed by atoms with Crippen LogP contribution >= 0.6 is 0 Å². The summed E-state index contributed by atoms with van der Waals surface area (Å²) in [5, 5.41) is 0. The molecule has 0 N–H and O–H groups in total. The summed E-state index contributed by atoms with van der Waals surface area (Å²) in [6.45, 7) is 3.85. The second-order valence-electron chi connectivity index (χ2n) is 5.16. The third-order valence-corrected chi connectivity index (χ3v) is 3.63. The van der Waals surface area contributed by atoms with E-state index in [4.69, 9.17) is 9.47 Å². The first-order valence-corrected chi connectivity index (χ1v) is 7.48. The number of carbonyl (C=O) groups is 2. The summed E-state index contributed by atoms with van der Waals surface area (Å²) in [7, 11) is 1.71. The van der Waals surface area contributed by atoms with E-state index in [1.54, 1.807) is 11.9 Å². The molecule has 0 unspecified atom stereocenters. The predicted octanol–water partition coefficient (Wildman–Crippen LogP) is 1.54. The number of para-hydroxylation sites is 1. The molecule has 1 saturated heterocycles. The number of benzene rings is 1. The van der Waals surface area contributed by atoms with E-state index in [0.717, 1.165) is 17.7 Å². The largest absolute Gasteiger partial charge is 0.491 e. The van der Waals surface area contributed by atoms with E-state index in [1.165, 1.54) is 4.90 Å². The zero-order valence-electron chi connectivity index (χ0n) is 13.1. The van der Waals surface area contributed by atoms with Gasteiger partial charge in [0.25, 0.3) is 0 Å². The Balaban J connectivity index is 1.76. The number of nitrogens with zero attached hydrogens (tertiary/aromatic N) is 2. The Labute approximate surface area is 130 Å². The fraction of sp³-hybridized carbons (Fsp3) is 0.500. The van der Waals surface area contributed by atoms with Gasteiger partial charge in [0.1, 0.15) is 25.5 Å². The average Bonchev–Trinajstić information content (AvgIpc) is 2.92. The highest BCUT2D eigenvalue weighted by molar-refractivity contribution is 5.82. The molecule has 0 radical (unpaired) electrons. The Morgan fingerprint density at radius 2 is 2.18 bits per heavy atom. The van der Waals surface area contributed by atoms with E-state index in [1.807, 2.05) is 24.3 Å². The van der Waals surface area contributed by atoms with Crippen molar-refractivity contribution < 1.29 is 19.1 Å². The second kappa shape index (κ2) is 7.68. The van der Waals surface area contributed by atoms with E-state index in [9.17, 15) is 9.59 Å². The van der Waals surface area contributed by atoms with Crippen molar-refractivity contribution >= 4 is 12.0 Å². The van der Waals surface area contributed by atoms with E-state index in [-0.39, 0.29) is 12.5 Å². The third kappa shape index (κ3) is 4.13. The van der Waals surface area contributed by atoms with Gasteiger partial charge >= 0.3 is 6.09 Å². The van der Waals surface area contributed by atoms with Crippen molar-refractivity contribution in [1.29, 1.82) is 0 Å². The van der Waals surface area contributed by atoms with Crippen LogP contribution in [0.1, 0.15) is 12.5 Å². The van der Waals surface area contributed by atoms with Crippen LogP contribution in [0.15, 0.2) is 24.3 Å². The fourth-order valence-corrected chi connectivity index (χ4v) is 2.21. The Kier molecular flexibility index (Phi) is 5.63. The molecular weight excluding hydrogens is 284 g/mol. The van der Waals surface area contributed by atoms with Gasteiger partial charge in [0.15, 0.2) is 0 Å². The number of ether oxygens (including phenoxy) is 2. The lowest BCUT2D eigenvalue weighted by molar-refractivity contribution is -0.130. The van der Waals surface area contributed by atoms with Gasteiger partial charge in [-0.25, -0.2) is 4.79 Å². The number of rotatable bonds is 7. The Hall–Kier alpha value is -2.24. The maximum absolute atomic E-state index is 12.0. The number of hydrogen-bond acceptors (Lipinski definition) is 4. The normalized spacial score (nSPS) is 13.9. The number of likely N-dealkylation sites (N-methyl/N-ethyl adjacent to an activating group) is 1. The Morgan fingerprint density at radius 3 is 2.86 bits per heavy atom. The molecule has 0 atom stereocenters. The lowest BCUT2D eigenvalue weighted by atomic mass is 10.1. The van der Waals surface area contributed by atoms with E-state index in [2.05, 4.69) is 6.92 Å². The molecule has 2 rings (SSSR count). The molecule has 0 aliphatic carbocycles. The standard InChI is InChI=1S/C16H22N2O4/c1-3-13-6-4-5-7-14(13)21-10-8-17(2)15(19)12-18-9-11-22-16(18)20/h4-7H,3,8-12H2,1-2H3. The summed E-state index contributed by atoms with van der Waals surface area (Å²) in [5.74, 6) is 0.736. The fourth-order valence-electron chi connectivity index (χ4n) is 2.21. The van der Waals surface area contributed by atoms with Crippen LogP contribution in [-0.4, -0.2) is 61.7 Å². The van der Waals surface area contributed by atoms with Gasteiger partial charge in [-0.1, -0.05) is 25.1 Å². The molecule has 1 aromatic rings. The van der Waals surface area contributed by atoms with Crippen molar-refractivity contribution in [3.8, 4) is 5.75 Å². The number of cyclic esters (lactones) is 1. The summed E-state index contributed by atoms with van der Waals surface area (Å²) < 4.78 is 10.5. The number of hydrogen-bond donors (Lipinski definition) is 0. The van der Waals surface area contributed by atoms with Crippen LogP contribution in [0.5, 0.6) is 5.75 Å². The van der Waals surface area contributed by atoms with Crippen LogP contribution in [0, 0.1) is 0 Å². The molecular formula is C16H22N2O4. The molecule has 1 heterocycles. The van der Waals surface area contributed by atoms with E-state index in [0.29, 0.717) is 26.3 Å². The highest BCUT2D eigenvalue weighted by Crippen LogP contribution is 2.18. The van der Waals surface area contributed by atoms with Gasteiger partial charge in [-0.2, -0.15) is 0 Å². The first-order valence-electron chi connectivity index (χ1n) is 7.48. The summed E-state index contributed by atoms with van der Waals surface area (Å²) in [6, 6.07) is 7.88. The van der Waals surface area contributed by atoms with Crippen LogP contribution in [0.25, 0.3) is 0 Å². The summed E-state index contributed by atoms with van der Waals surface area (Å²) in [4.78, 5) is 26.3. The van der Waals surface area contributed by atoms with Crippen molar-refractivity contribution in [1.82, 2.24) is 9.80 Å². The van der Waals surface area contributed by atoms with Gasteiger partial charge in [-0.15, -0.1) is 0 Å². The predicted molar refractivity (Wildman–Crippen MR) is 81.9 cm³/mol. The minimum atomic E-state index is -0.421. The van der Waals surface area contributed by atoms with Gasteiger partial charge < -0.3 is 14.4 Å². The van der Waals surface area contributed by atoms with Gasteiger partial charge in [-0.05, 0) is 18.1 Å². The molecule has 1 aromatic carbocycles. The highest BCUT2D eigenvalue weighted by atomic mass is 16.6. The molecule has 1 aliphatic heterocycles. The first kappa shape index (κ1) is 16.1. The van der Waals surface area contributed by atoms with Crippen molar-refractivity contribution in [3.63, 3.8) is 0 Å². The minimum Gasteiger partial charge on any atom is -0.491 e. The van der Waals surface area contributed by atoms with Crippen LogP contribution in [-0.2, 0) is 16.0 Å². The third-order valence-electron chi connectivity index (χ3n) is 3.63. The molecule has 0 spiro atoms. The molecule has 120 valence electrons. The van der Waals surface area contributed by atoms with Gasteiger partial charge in [0, 0.05) is 7.05 Å². The zero-order chi connectivity index (χ0) is 15.9. The summed E-state index contributed by atoms with van der Waals surface area (Å²) >= 11 is 0. The lowest BCUT2D eigenvalue weighted by Gasteiger charge is -2.20. The molecule has 6 nitrogen and oxygen atoms in total. The van der Waals surface area contributed by atoms with Crippen molar-refractivity contribution in [2.24, 2.45) is 0 Å². The number of amides is 2. The second-order valence-corrected chi connectivity index (χ2v) is 5.16. The van der Waals surface area contributed by atoms with Crippen LogP contribution in [0.2, 0.25) is 0 Å². The average molecular weight is 306 g/mol. The van der Waals surface area contributed by atoms with Crippen LogP contribution < -0.4 is 4.74 Å². The SMILES string of the molecule is CCc1ccccc1OCCN(C)C(=O)CN1CCOC1=O. The van der Waals surface area contributed by atoms with E-state index >= 15 is 0 Å². The van der Waals surface area contributed by atoms with Crippen LogP contribution in [0.3, 0.4) is 0 Å².